The van der Waals surface area contributed by atoms with Gasteiger partial charge in [0.05, 0.1) is 69.8 Å². The smallest absolute Gasteiger partial charge is 0.471 e. The molecule has 2 saturated heterocycles. The third-order valence-electron chi connectivity index (χ3n) is 13.9. The van der Waals surface area contributed by atoms with Crippen molar-refractivity contribution in [3.05, 3.63) is 22.3 Å². The number of azide groups is 1. The number of rotatable bonds is 64. The summed E-state index contributed by atoms with van der Waals surface area (Å²) in [5.41, 5.74) is 8.96. The van der Waals surface area contributed by atoms with Gasteiger partial charge in [-0.3, -0.25) is 73.1 Å². The molecule has 3 heterocycles. The fourth-order valence-corrected chi connectivity index (χ4v) is 25.0. The molecule has 20 atom stereocenters. The predicted molar refractivity (Wildman–Crippen MR) is 367 cm³/mol. The van der Waals surface area contributed by atoms with Gasteiger partial charge >= 0.3 is 7.82 Å². The van der Waals surface area contributed by atoms with E-state index in [0.717, 1.165) is 97.0 Å². The first-order valence-electron chi connectivity index (χ1n) is 34.2. The molecule has 0 amide bonds. The quantitative estimate of drug-likeness (QED) is 0.0210. The van der Waals surface area contributed by atoms with Crippen LogP contribution in [0.4, 0.5) is 0 Å². The summed E-state index contributed by atoms with van der Waals surface area (Å²) in [6.07, 6.45) is 16.7. The number of hydrogen-bond donors (Lipinski definition) is 3. The molecule has 1 aromatic rings. The summed E-state index contributed by atoms with van der Waals surface area (Å²) in [6, 6.07) is 0. The molecule has 1 aromatic heterocycles. The zero-order valence-electron chi connectivity index (χ0n) is 62.4. The lowest BCUT2D eigenvalue weighted by molar-refractivity contribution is -0.264. The van der Waals surface area contributed by atoms with Gasteiger partial charge in [0.25, 0.3) is 102 Å². The molecule has 70 heteroatoms. The molecule has 0 aliphatic carbocycles. The molecule has 0 saturated carbocycles. The van der Waals surface area contributed by atoms with Crippen LogP contribution in [0.5, 0.6) is 0 Å². The standard InChI is InChI=1S/C24H52N3O25P7.C16H37N3O21P6.C7H13O4P/c1-21-18-23(28)24(47-21)20-46-55(33,34)49-57(37,38)51-59(41,42)52-58(39,40)50-56(35,36)48-54(31,32)45-16-12-9-7-5-3-4-6-8-11-15-27-19-22(25-26-27)14-10-13-17-44-53(29,30)43-2;1-14-12-15(20)16(35-14)13-34-42(23,24)37-44(27,28)39-46(31,32)40-45(29,30)38-43(25,26)36-41(21,22)33-11-9-7-5-3-2-4-6-8-10-18-19-17;1-3-4-5-6-7-11-12(8,9)10-2/h19,21,23-24,28H,3-18,20H2,1-2H3,(H,29,30)(H,31,32)(H,33,34)(H,35,36)(H,37,38)(H,39,40)(H,41,42);14-16,20H,2-13H2,1H3,(H,21,22)(H,23,24)(H,25,26)(H,27,28)(H,29,30)(H,31,32);1H,4-7H2,2H3,(H,8,9)/p-13/t21-,23?,24+;14-,15?,16+;/m11./s1. The van der Waals surface area contributed by atoms with Crippen molar-refractivity contribution in [2.24, 2.45) is 5.11 Å². The molecule has 0 aromatic carbocycles. The lowest BCUT2D eigenvalue weighted by atomic mass is 10.1. The van der Waals surface area contributed by atoms with E-state index >= 15 is 0 Å². The van der Waals surface area contributed by atoms with E-state index in [-0.39, 0.29) is 38.9 Å². The van der Waals surface area contributed by atoms with Gasteiger partial charge < -0.3 is 115 Å². The maximum atomic E-state index is 11.9. The Bertz CT molecular complexity index is 3950. The number of phosphoric acid groups is 14. The van der Waals surface area contributed by atoms with E-state index in [1.807, 2.05) is 6.20 Å². The first-order chi connectivity index (χ1) is 53.7. The van der Waals surface area contributed by atoms with E-state index < -0.39 is 173 Å². The highest BCUT2D eigenvalue weighted by Crippen LogP contribution is 2.73. The van der Waals surface area contributed by atoms with Crippen molar-refractivity contribution in [2.45, 2.75) is 218 Å². The number of hydrogen-bond acceptors (Lipinski definition) is 52. The van der Waals surface area contributed by atoms with E-state index in [1.54, 1.807) is 4.68 Å². The summed E-state index contributed by atoms with van der Waals surface area (Å²) in [7, 11) is -83.0. The number of aromatic nitrogens is 3. The van der Waals surface area contributed by atoms with Crippen LogP contribution in [0.3, 0.4) is 0 Å². The Morgan fingerprint density at radius 1 is 0.444 bits per heavy atom. The van der Waals surface area contributed by atoms with E-state index in [9.17, 15) is 143 Å². The maximum Gasteiger partial charge on any atom is 0.471 e. The Kier molecular flexibility index (Phi) is 53.8. The monoisotopic (exact) mass is 1970 g/mol. The first-order valence-corrected chi connectivity index (χ1v) is 54.7. The Morgan fingerprint density at radius 2 is 0.744 bits per heavy atom. The molecule has 2 aliphatic heterocycles. The van der Waals surface area contributed by atoms with E-state index in [0.29, 0.717) is 70.9 Å². The van der Waals surface area contributed by atoms with Crippen LogP contribution in [-0.2, 0) is 166 Å². The van der Waals surface area contributed by atoms with Gasteiger partial charge in [-0.15, -0.1) is 17.4 Å². The molecule has 3 rings (SSSR count). The van der Waals surface area contributed by atoms with Crippen molar-refractivity contribution in [2.75, 3.05) is 60.4 Å². The molecular formula is C47H89N6O50P14-13. The fourth-order valence-electron chi connectivity index (χ4n) is 9.06. The van der Waals surface area contributed by atoms with Crippen molar-refractivity contribution < 1.29 is 231 Å². The number of nitrogens with zero attached hydrogens (tertiary/aromatic N) is 6. The van der Waals surface area contributed by atoms with Gasteiger partial charge in [-0.25, -0.2) is 47.7 Å². The van der Waals surface area contributed by atoms with Crippen LogP contribution in [0.15, 0.2) is 11.3 Å². The van der Waals surface area contributed by atoms with Crippen LogP contribution >= 0.6 is 110 Å². The summed E-state index contributed by atoms with van der Waals surface area (Å²) in [4.78, 5) is 164. The molecule has 0 spiro atoms. The van der Waals surface area contributed by atoms with E-state index in [1.165, 1.54) is 13.8 Å². The van der Waals surface area contributed by atoms with Gasteiger partial charge in [0.1, 0.15) is 12.2 Å². The maximum absolute atomic E-state index is 11.9. The lowest BCUT2D eigenvalue weighted by Gasteiger charge is -2.38. The zero-order valence-corrected chi connectivity index (χ0v) is 74.9. The average molecular weight is 1970 g/mol. The van der Waals surface area contributed by atoms with Crippen molar-refractivity contribution in [3.63, 3.8) is 0 Å². The number of aliphatic hydroxyl groups is 2. The second-order valence-corrected chi connectivity index (χ2v) is 45.4. The highest BCUT2D eigenvalue weighted by molar-refractivity contribution is 7.72. The molecule has 2 aliphatic rings. The topological polar surface area (TPSA) is 864 Å². The first kappa shape index (κ1) is 115. The predicted octanol–water partition coefficient (Wildman–Crippen LogP) is 3.14. The van der Waals surface area contributed by atoms with Crippen molar-refractivity contribution in [1.29, 1.82) is 0 Å². The normalized spacial score (nSPS) is 24.3. The molecule has 690 valence electrons. The largest absolute Gasteiger partial charge is 0.756 e. The average Bonchev–Trinajstić information content (AvgIpc) is 1.30. The van der Waals surface area contributed by atoms with Gasteiger partial charge in [0.2, 0.25) is 0 Å². The van der Waals surface area contributed by atoms with E-state index in [4.69, 9.17) is 26.0 Å². The highest BCUT2D eigenvalue weighted by Gasteiger charge is 2.38. The van der Waals surface area contributed by atoms with E-state index in [2.05, 4.69) is 101 Å². The zero-order chi connectivity index (χ0) is 89.3. The van der Waals surface area contributed by atoms with Gasteiger partial charge in [-0.2, -0.15) is 0 Å². The highest BCUT2D eigenvalue weighted by atomic mass is 31.3. The van der Waals surface area contributed by atoms with Crippen LogP contribution in [0.2, 0.25) is 0 Å². The Morgan fingerprint density at radius 3 is 1.07 bits per heavy atom. The third-order valence-corrected chi connectivity index (χ3v) is 33.8. The summed E-state index contributed by atoms with van der Waals surface area (Å²) in [5, 5.41) is 31.0. The Hall–Kier alpha value is -0.210. The van der Waals surface area contributed by atoms with Crippen LogP contribution in [0.25, 0.3) is 10.4 Å². The number of aliphatic hydroxyl groups excluding tert-OH is 2. The fraction of sp³-hybridized carbons (Fsp3) is 0.915. The van der Waals surface area contributed by atoms with Gasteiger partial charge in [0.15, 0.2) is 0 Å². The van der Waals surface area contributed by atoms with Crippen molar-refractivity contribution in [1.82, 2.24) is 15.0 Å². The van der Waals surface area contributed by atoms with Gasteiger partial charge in [-0.1, -0.05) is 93.8 Å². The minimum atomic E-state index is -6.82. The van der Waals surface area contributed by atoms with Crippen molar-refractivity contribution >= 4 is 110 Å². The summed E-state index contributed by atoms with van der Waals surface area (Å²) in [6.45, 7) is 1.13. The minimum Gasteiger partial charge on any atom is -0.756 e. The lowest BCUT2D eigenvalue weighted by Crippen LogP contribution is -2.27. The molecule has 3 N–H and O–H groups in total. The second kappa shape index (κ2) is 54.8. The summed E-state index contributed by atoms with van der Waals surface area (Å²) in [5.74, 6) is 2.45. The number of unbranched alkanes of at least 4 members (excludes halogenated alkanes) is 18. The molecule has 117 heavy (non-hydrogen) atoms. The summed E-state index contributed by atoms with van der Waals surface area (Å²) < 4.78 is 243. The molecular weight excluding hydrogens is 1880 g/mol. The van der Waals surface area contributed by atoms with Crippen LogP contribution in [0.1, 0.15) is 174 Å². The van der Waals surface area contributed by atoms with Crippen LogP contribution < -0.4 is 63.6 Å². The second-order valence-electron chi connectivity index (χ2n) is 24.0. The summed E-state index contributed by atoms with van der Waals surface area (Å²) >= 11 is 0. The number of phosphoric ester groups is 6. The minimum absolute atomic E-state index is 0.0651. The molecule has 56 nitrogen and oxygen atoms in total. The number of ether oxygens (including phenoxy) is 2. The number of terminal acetylenes is 1. The molecule has 0 radical (unpaired) electrons. The SMILES string of the molecule is C#CCCCCOP(=O)([O-])OC.COP(=O)(O)OCCCCc1cn(CCCCCCCCCCCOP(=O)([O-])OP(=O)([O-])OP(=O)([O-])OP(=O)([O-])OP(=O)([O-])OP(=O)([O-])OC[C@@H]2O[C@H](C)CC2O)nn1.C[C@@H]1CC(O)[C@H](COP(=O)([O-])OP(=O)([O-])OP(=O)([O-])OP(=O)([O-])OP(=O)([O-])OP(=O)([O-])OCCCCCCCCCCN=[N+]=[N-])O1. The third kappa shape index (κ3) is 59.5. The van der Waals surface area contributed by atoms with Crippen molar-refractivity contribution in [3.8, 4) is 12.3 Å². The molecule has 2 fully saturated rings. The van der Waals surface area contributed by atoms with Crippen LogP contribution in [-0.4, -0.2) is 127 Å². The molecule has 0 bridgehead atoms. The number of aryl methyl sites for hydroxylation is 2. The Labute approximate surface area is 670 Å². The van der Waals surface area contributed by atoms with Crippen LogP contribution in [0, 0.1) is 12.3 Å². The Balaban J connectivity index is 0.00000105. The van der Waals surface area contributed by atoms with Gasteiger partial charge in [0, 0.05) is 57.7 Å². The molecule has 16 unspecified atom stereocenters. The van der Waals surface area contributed by atoms with Gasteiger partial charge in [-0.05, 0) is 77.2 Å².